The number of hydrogen-bond acceptors (Lipinski definition) is 5. The molecule has 78 valence electrons. The Morgan fingerprint density at radius 1 is 1.71 bits per heavy atom. The Morgan fingerprint density at radius 2 is 2.57 bits per heavy atom. The van der Waals surface area contributed by atoms with E-state index in [9.17, 15) is 0 Å². The van der Waals surface area contributed by atoms with E-state index in [1.165, 1.54) is 0 Å². The molecular weight excluding hydrogens is 182 g/mol. The van der Waals surface area contributed by atoms with Crippen molar-refractivity contribution in [3.63, 3.8) is 0 Å². The van der Waals surface area contributed by atoms with Gasteiger partial charge < -0.3 is 15.3 Å². The quantitative estimate of drug-likeness (QED) is 0.717. The molecule has 5 heteroatoms. The van der Waals surface area contributed by atoms with Gasteiger partial charge in [0.15, 0.2) is 0 Å². The molecule has 1 aliphatic heterocycles. The largest absolute Gasteiger partial charge is 0.428 e. The molecule has 0 saturated carbocycles. The SMILES string of the molecule is Nc1ncc(CN2CCC(CO)C2)o1. The fourth-order valence-electron chi connectivity index (χ4n) is 1.82. The van der Waals surface area contributed by atoms with Gasteiger partial charge in [0.1, 0.15) is 5.76 Å². The predicted molar refractivity (Wildman–Crippen MR) is 51.4 cm³/mol. The van der Waals surface area contributed by atoms with Crippen molar-refractivity contribution in [1.82, 2.24) is 9.88 Å². The van der Waals surface area contributed by atoms with Crippen molar-refractivity contribution in [2.75, 3.05) is 25.4 Å². The molecule has 0 radical (unpaired) electrons. The van der Waals surface area contributed by atoms with Crippen molar-refractivity contribution in [2.45, 2.75) is 13.0 Å². The Labute approximate surface area is 82.5 Å². The molecule has 1 saturated heterocycles. The first-order chi connectivity index (χ1) is 6.78. The summed E-state index contributed by atoms with van der Waals surface area (Å²) in [6, 6.07) is 0.220. The lowest BCUT2D eigenvalue weighted by Crippen LogP contribution is -2.20. The first kappa shape index (κ1) is 9.48. The molecule has 0 amide bonds. The summed E-state index contributed by atoms with van der Waals surface area (Å²) in [6.45, 7) is 2.94. The van der Waals surface area contributed by atoms with Crippen molar-refractivity contribution in [3.05, 3.63) is 12.0 Å². The number of nitrogens with zero attached hydrogens (tertiary/aromatic N) is 2. The smallest absolute Gasteiger partial charge is 0.292 e. The van der Waals surface area contributed by atoms with E-state index in [1.807, 2.05) is 0 Å². The van der Waals surface area contributed by atoms with Crippen LogP contribution in [-0.2, 0) is 6.54 Å². The van der Waals surface area contributed by atoms with Gasteiger partial charge in [-0.05, 0) is 18.9 Å². The molecule has 3 N–H and O–H groups in total. The Bertz CT molecular complexity index is 300. The molecule has 1 atom stereocenters. The van der Waals surface area contributed by atoms with Crippen LogP contribution in [0.2, 0.25) is 0 Å². The summed E-state index contributed by atoms with van der Waals surface area (Å²) < 4.78 is 5.18. The molecule has 0 bridgehead atoms. The fraction of sp³-hybridized carbons (Fsp3) is 0.667. The number of anilines is 1. The Morgan fingerprint density at radius 3 is 3.14 bits per heavy atom. The Kier molecular flexibility index (Phi) is 2.69. The third-order valence-corrected chi connectivity index (χ3v) is 2.58. The highest BCUT2D eigenvalue weighted by Crippen LogP contribution is 2.18. The van der Waals surface area contributed by atoms with Gasteiger partial charge in [0.05, 0.1) is 12.7 Å². The second-order valence-electron chi connectivity index (χ2n) is 3.74. The second-order valence-corrected chi connectivity index (χ2v) is 3.74. The molecule has 1 unspecified atom stereocenters. The molecule has 5 nitrogen and oxygen atoms in total. The zero-order chi connectivity index (χ0) is 9.97. The number of aliphatic hydroxyl groups is 1. The zero-order valence-electron chi connectivity index (χ0n) is 8.02. The first-order valence-corrected chi connectivity index (χ1v) is 4.81. The van der Waals surface area contributed by atoms with E-state index in [1.54, 1.807) is 6.20 Å². The molecule has 0 aromatic carbocycles. The minimum Gasteiger partial charge on any atom is -0.428 e. The van der Waals surface area contributed by atoms with Crippen molar-refractivity contribution in [1.29, 1.82) is 0 Å². The predicted octanol–water partition coefficient (Wildman–Crippen LogP) is 0.0710. The van der Waals surface area contributed by atoms with Crippen LogP contribution in [0.3, 0.4) is 0 Å². The maximum Gasteiger partial charge on any atom is 0.292 e. The summed E-state index contributed by atoms with van der Waals surface area (Å²) in [5.74, 6) is 1.20. The van der Waals surface area contributed by atoms with Crippen LogP contribution in [0.15, 0.2) is 10.6 Å². The van der Waals surface area contributed by atoms with Gasteiger partial charge in [-0.3, -0.25) is 4.90 Å². The minimum atomic E-state index is 0.220. The number of aliphatic hydroxyl groups excluding tert-OH is 1. The monoisotopic (exact) mass is 197 g/mol. The molecule has 1 fully saturated rings. The van der Waals surface area contributed by atoms with Crippen LogP contribution in [0.5, 0.6) is 0 Å². The molecule has 0 spiro atoms. The van der Waals surface area contributed by atoms with Crippen LogP contribution in [0, 0.1) is 5.92 Å². The van der Waals surface area contributed by atoms with Crippen LogP contribution in [0.1, 0.15) is 12.2 Å². The standard InChI is InChI=1S/C9H15N3O2/c10-9-11-3-8(14-9)5-12-2-1-7(4-12)6-13/h3,7,13H,1-2,4-6H2,(H2,10,11). The van der Waals surface area contributed by atoms with Crippen LogP contribution >= 0.6 is 0 Å². The van der Waals surface area contributed by atoms with Gasteiger partial charge in [-0.15, -0.1) is 0 Å². The first-order valence-electron chi connectivity index (χ1n) is 4.81. The van der Waals surface area contributed by atoms with E-state index in [2.05, 4.69) is 9.88 Å². The number of aromatic nitrogens is 1. The number of nitrogens with two attached hydrogens (primary N) is 1. The van der Waals surface area contributed by atoms with Crippen LogP contribution < -0.4 is 5.73 Å². The van der Waals surface area contributed by atoms with Crippen LogP contribution in [0.25, 0.3) is 0 Å². The van der Waals surface area contributed by atoms with E-state index < -0.39 is 0 Å². The van der Waals surface area contributed by atoms with Gasteiger partial charge in [0.2, 0.25) is 0 Å². The highest BCUT2D eigenvalue weighted by molar-refractivity contribution is 5.10. The van der Waals surface area contributed by atoms with Gasteiger partial charge in [-0.25, -0.2) is 4.98 Å². The van der Waals surface area contributed by atoms with Crippen LogP contribution in [0.4, 0.5) is 6.01 Å². The van der Waals surface area contributed by atoms with E-state index in [0.717, 1.165) is 31.8 Å². The van der Waals surface area contributed by atoms with Crippen molar-refractivity contribution >= 4 is 6.01 Å². The summed E-state index contributed by atoms with van der Waals surface area (Å²) in [4.78, 5) is 6.07. The van der Waals surface area contributed by atoms with Gasteiger partial charge in [-0.2, -0.15) is 0 Å². The highest BCUT2D eigenvalue weighted by atomic mass is 16.4. The molecule has 14 heavy (non-hydrogen) atoms. The van der Waals surface area contributed by atoms with E-state index in [-0.39, 0.29) is 12.6 Å². The lowest BCUT2D eigenvalue weighted by molar-refractivity contribution is 0.216. The average Bonchev–Trinajstić information content (AvgIpc) is 2.76. The molecular formula is C9H15N3O2. The molecule has 1 aliphatic rings. The number of nitrogen functional groups attached to an aromatic ring is 1. The summed E-state index contributed by atoms with van der Waals surface area (Å²) in [6.07, 6.45) is 2.71. The number of oxazole rings is 1. The van der Waals surface area contributed by atoms with Gasteiger partial charge in [0.25, 0.3) is 6.01 Å². The topological polar surface area (TPSA) is 75.5 Å². The summed E-state index contributed by atoms with van der Waals surface area (Å²) >= 11 is 0. The zero-order valence-corrected chi connectivity index (χ0v) is 8.02. The number of rotatable bonds is 3. The summed E-state index contributed by atoms with van der Waals surface area (Å²) in [5.41, 5.74) is 5.37. The van der Waals surface area contributed by atoms with Crippen molar-refractivity contribution in [2.24, 2.45) is 5.92 Å². The van der Waals surface area contributed by atoms with Gasteiger partial charge in [-0.1, -0.05) is 0 Å². The van der Waals surface area contributed by atoms with Crippen LogP contribution in [-0.4, -0.2) is 34.7 Å². The van der Waals surface area contributed by atoms with E-state index in [0.29, 0.717) is 5.92 Å². The highest BCUT2D eigenvalue weighted by Gasteiger charge is 2.22. The average molecular weight is 197 g/mol. The Hall–Kier alpha value is -1.07. The summed E-state index contributed by atoms with van der Waals surface area (Å²) in [7, 11) is 0. The maximum atomic E-state index is 8.97. The Balaban J connectivity index is 1.87. The molecule has 2 heterocycles. The molecule has 0 aliphatic carbocycles. The maximum absolute atomic E-state index is 8.97. The molecule has 1 aromatic rings. The molecule has 1 aromatic heterocycles. The minimum absolute atomic E-state index is 0.220. The van der Waals surface area contributed by atoms with E-state index >= 15 is 0 Å². The third-order valence-electron chi connectivity index (χ3n) is 2.58. The van der Waals surface area contributed by atoms with Gasteiger partial charge in [0, 0.05) is 13.2 Å². The summed E-state index contributed by atoms with van der Waals surface area (Å²) in [5, 5.41) is 8.97. The second kappa shape index (κ2) is 3.98. The van der Waals surface area contributed by atoms with Crippen molar-refractivity contribution in [3.8, 4) is 0 Å². The van der Waals surface area contributed by atoms with Gasteiger partial charge >= 0.3 is 0 Å². The normalized spacial score (nSPS) is 23.1. The van der Waals surface area contributed by atoms with Crippen molar-refractivity contribution < 1.29 is 9.52 Å². The van der Waals surface area contributed by atoms with E-state index in [4.69, 9.17) is 15.3 Å². The third kappa shape index (κ3) is 2.05. The lowest BCUT2D eigenvalue weighted by atomic mass is 10.1. The fourth-order valence-corrected chi connectivity index (χ4v) is 1.82. The number of likely N-dealkylation sites (tertiary alicyclic amines) is 1. The number of hydrogen-bond donors (Lipinski definition) is 2. The molecule has 2 rings (SSSR count). The lowest BCUT2D eigenvalue weighted by Gasteiger charge is -2.12.